The molecule has 3 aromatic carbocycles. The molecular formula is C73H105N9O2. The van der Waals surface area contributed by atoms with Crippen LogP contribution in [0.3, 0.4) is 0 Å². The van der Waals surface area contributed by atoms with Gasteiger partial charge in [0.2, 0.25) is 6.41 Å². The molecule has 11 nitrogen and oxygen atoms in total. The van der Waals surface area contributed by atoms with Crippen LogP contribution >= 0.6 is 0 Å². The fraction of sp³-hybridized carbons (Fsp3) is 0.507. The minimum atomic E-state index is -0.173. The zero-order valence-electron chi connectivity index (χ0n) is 53.6. The van der Waals surface area contributed by atoms with Gasteiger partial charge in [-0.25, -0.2) is 9.97 Å². The number of benzene rings is 3. The van der Waals surface area contributed by atoms with E-state index in [2.05, 4.69) is 157 Å². The van der Waals surface area contributed by atoms with Crippen molar-refractivity contribution in [1.82, 2.24) is 39.5 Å². The van der Waals surface area contributed by atoms with Crippen LogP contribution in [0, 0.1) is 24.2 Å². The molecule has 8 rings (SSSR count). The Kier molecular flexibility index (Phi) is 26.5. The number of rotatable bonds is 28. The SMILES string of the molecule is C=CCCC(C)(C)Cc1c(-c2cc(Cc3ncc(CN4CCOCC4)cn3)cnc2C(C)CC)n(CC)c2ccc(-c3cc(C)cc(CC(NC(=C)C(C(C)C)N(C)C=O)C(=C)N(C)CCCCN)c3)cc12.CC1CCCC1.c1ccccc1. The second-order valence-corrected chi connectivity index (χ2v) is 25.2. The van der Waals surface area contributed by atoms with E-state index in [9.17, 15) is 4.79 Å². The first-order valence-corrected chi connectivity index (χ1v) is 31.6. The van der Waals surface area contributed by atoms with Crippen LogP contribution in [0.25, 0.3) is 33.3 Å². The average Bonchev–Trinajstić information content (AvgIpc) is 2.37. The zero-order valence-corrected chi connectivity index (χ0v) is 53.6. The average molecular weight is 1140 g/mol. The van der Waals surface area contributed by atoms with Crippen molar-refractivity contribution in [3.05, 3.63) is 174 Å². The summed E-state index contributed by atoms with van der Waals surface area (Å²) >= 11 is 0. The molecule has 3 aromatic heterocycles. The van der Waals surface area contributed by atoms with Crippen LogP contribution in [-0.2, 0) is 41.9 Å². The number of fused-ring (bicyclic) bond motifs is 1. The lowest BCUT2D eigenvalue weighted by Gasteiger charge is -2.36. The molecule has 4 heterocycles. The molecule has 3 N–H and O–H groups in total. The third kappa shape index (κ3) is 19.3. The Bertz CT molecular complexity index is 2960. The van der Waals surface area contributed by atoms with Crippen molar-refractivity contribution in [1.29, 1.82) is 0 Å². The summed E-state index contributed by atoms with van der Waals surface area (Å²) in [4.78, 5) is 33.4. The number of nitrogens with one attached hydrogen (secondary N) is 1. The number of carbonyl (C=O) groups is 1. The van der Waals surface area contributed by atoms with Crippen LogP contribution in [0.5, 0.6) is 0 Å². The van der Waals surface area contributed by atoms with Crippen molar-refractivity contribution < 1.29 is 9.53 Å². The van der Waals surface area contributed by atoms with Crippen molar-refractivity contribution in [3.8, 4) is 22.4 Å². The van der Waals surface area contributed by atoms with Gasteiger partial charge in [0.15, 0.2) is 0 Å². The number of aromatic nitrogens is 4. The summed E-state index contributed by atoms with van der Waals surface area (Å²) < 4.78 is 8.10. The molecule has 0 spiro atoms. The highest BCUT2D eigenvalue weighted by Gasteiger charge is 2.30. The molecule has 3 atom stereocenters. The lowest BCUT2D eigenvalue weighted by atomic mass is 9.79. The van der Waals surface area contributed by atoms with Gasteiger partial charge in [0, 0.05) is 105 Å². The molecule has 6 aromatic rings. The molecule has 2 aliphatic rings. The number of hydrogen-bond acceptors (Lipinski definition) is 9. The Balaban J connectivity index is 0.000000835. The Labute approximate surface area is 507 Å². The number of amides is 1. The maximum Gasteiger partial charge on any atom is 0.210 e. The topological polar surface area (TPSA) is 118 Å². The number of nitrogens with two attached hydrogens (primary N) is 1. The molecule has 454 valence electrons. The van der Waals surface area contributed by atoms with Crippen molar-refractivity contribution in [2.75, 3.05) is 53.5 Å². The highest BCUT2D eigenvalue weighted by Crippen LogP contribution is 2.43. The summed E-state index contributed by atoms with van der Waals surface area (Å²) in [5, 5.41) is 5.05. The van der Waals surface area contributed by atoms with Crippen molar-refractivity contribution in [2.45, 2.75) is 170 Å². The largest absolute Gasteiger partial charge is 0.379 e. The van der Waals surface area contributed by atoms with Gasteiger partial charge in [-0.2, -0.15) is 0 Å². The fourth-order valence-electron chi connectivity index (χ4n) is 12.2. The first-order valence-electron chi connectivity index (χ1n) is 31.6. The minimum Gasteiger partial charge on any atom is -0.379 e. The summed E-state index contributed by atoms with van der Waals surface area (Å²) in [6, 6.07) is 28.1. The monoisotopic (exact) mass is 1140 g/mol. The van der Waals surface area contributed by atoms with Crippen LogP contribution in [-0.4, -0.2) is 106 Å². The summed E-state index contributed by atoms with van der Waals surface area (Å²) in [5.41, 5.74) is 20.8. The van der Waals surface area contributed by atoms with Gasteiger partial charge < -0.3 is 30.2 Å². The maximum absolute atomic E-state index is 12.0. The lowest BCUT2D eigenvalue weighted by Crippen LogP contribution is -2.46. The number of hydrogen-bond donors (Lipinski definition) is 2. The van der Waals surface area contributed by atoms with Gasteiger partial charge in [0.25, 0.3) is 0 Å². The number of allylic oxidation sites excluding steroid dienone is 1. The van der Waals surface area contributed by atoms with E-state index >= 15 is 0 Å². The van der Waals surface area contributed by atoms with Gasteiger partial charge in [-0.15, -0.1) is 6.58 Å². The van der Waals surface area contributed by atoms with E-state index in [1.165, 1.54) is 75.7 Å². The van der Waals surface area contributed by atoms with Crippen molar-refractivity contribution in [2.24, 2.45) is 23.0 Å². The number of likely N-dealkylation sites (N-methyl/N-ethyl adjacent to an activating group) is 2. The van der Waals surface area contributed by atoms with Crippen LogP contribution in [0.4, 0.5) is 0 Å². The number of ether oxygens (including phenoxy) is 1. The second-order valence-electron chi connectivity index (χ2n) is 25.2. The van der Waals surface area contributed by atoms with Gasteiger partial charge in [0.1, 0.15) is 5.82 Å². The summed E-state index contributed by atoms with van der Waals surface area (Å²) in [6.07, 6.45) is 22.0. The van der Waals surface area contributed by atoms with E-state index in [1.54, 1.807) is 4.90 Å². The molecule has 1 aliphatic heterocycles. The molecule has 3 unspecified atom stereocenters. The Morgan fingerprint density at radius 3 is 2.13 bits per heavy atom. The summed E-state index contributed by atoms with van der Waals surface area (Å²) in [6.45, 7) is 40.2. The van der Waals surface area contributed by atoms with Gasteiger partial charge in [-0.05, 0) is 135 Å². The zero-order chi connectivity index (χ0) is 60.8. The first-order chi connectivity index (χ1) is 40.4. The predicted molar refractivity (Wildman–Crippen MR) is 354 cm³/mol. The van der Waals surface area contributed by atoms with E-state index < -0.39 is 0 Å². The Morgan fingerprint density at radius 2 is 1.55 bits per heavy atom. The minimum absolute atomic E-state index is 0.00167. The molecule has 1 saturated carbocycles. The first kappa shape index (κ1) is 66.7. The van der Waals surface area contributed by atoms with E-state index in [-0.39, 0.29) is 29.3 Å². The van der Waals surface area contributed by atoms with Gasteiger partial charge >= 0.3 is 0 Å². The van der Waals surface area contributed by atoms with Crippen molar-refractivity contribution in [3.63, 3.8) is 0 Å². The van der Waals surface area contributed by atoms with E-state index in [0.717, 1.165) is 131 Å². The molecule has 1 amide bonds. The maximum atomic E-state index is 12.0. The highest BCUT2D eigenvalue weighted by atomic mass is 16.5. The number of morpholine rings is 1. The van der Waals surface area contributed by atoms with Crippen LogP contribution < -0.4 is 11.1 Å². The molecule has 84 heavy (non-hydrogen) atoms. The molecule has 11 heteroatoms. The molecule has 0 radical (unpaired) electrons. The number of nitrogens with zero attached hydrogens (tertiary/aromatic N) is 7. The molecule has 1 saturated heterocycles. The summed E-state index contributed by atoms with van der Waals surface area (Å²) in [7, 11) is 3.93. The molecule has 2 fully saturated rings. The Hall–Kier alpha value is -6.40. The standard InChI is InChI=1S/C61H87N9O2.C6H12.C6H6/c1-14-17-22-61(10,11)36-54-52-35-50(51-30-43(6)29-47(31-51)33-55(46(9)67(12)24-19-18-23-62)66-45(8)59(42(4)5)68(13)41-71)20-21-56(52)70(16-3)60(54)53-32-48(37-65-58(53)44(7)15-2)34-57-63-38-49(39-64-57)40-69-25-27-72-28-26-69;1-6-4-2-3-5-6;1-2-4-6-5-3-1/h14,20-21,29-32,35,37-39,41-42,44,55,59,66H,1,8-9,15-19,22-28,33-34,36,40,62H2,2-7,10-13H3;6H,2-5H2,1H3;1-6H. The highest BCUT2D eigenvalue weighted by molar-refractivity contribution is 5.95. The van der Waals surface area contributed by atoms with E-state index in [0.29, 0.717) is 19.4 Å². The number of unbranched alkanes of at least 4 members (excludes halogenated alkanes) is 1. The third-order valence-corrected chi connectivity index (χ3v) is 17.1. The molecule has 1 aliphatic carbocycles. The number of aryl methyl sites for hydroxylation is 2. The Morgan fingerprint density at radius 1 is 0.881 bits per heavy atom. The fourth-order valence-corrected chi connectivity index (χ4v) is 12.2. The normalized spacial score (nSPS) is 14.9. The number of carbonyl (C=O) groups excluding carboxylic acids is 1. The summed E-state index contributed by atoms with van der Waals surface area (Å²) in [5.74, 6) is 2.27. The van der Waals surface area contributed by atoms with Crippen LogP contribution in [0.1, 0.15) is 158 Å². The third-order valence-electron chi connectivity index (χ3n) is 17.1. The van der Waals surface area contributed by atoms with E-state index in [1.807, 2.05) is 62.0 Å². The second kappa shape index (κ2) is 33.3. The van der Waals surface area contributed by atoms with Crippen LogP contribution in [0.2, 0.25) is 0 Å². The smallest absolute Gasteiger partial charge is 0.210 e. The number of pyridine rings is 1. The van der Waals surface area contributed by atoms with Crippen molar-refractivity contribution >= 4 is 17.3 Å². The quantitative estimate of drug-likeness (QED) is 0.0281. The molecule has 0 bridgehead atoms. The van der Waals surface area contributed by atoms with Crippen LogP contribution in [0.15, 0.2) is 135 Å². The lowest BCUT2D eigenvalue weighted by molar-refractivity contribution is -0.119. The molecular weight excluding hydrogens is 1030 g/mol. The van der Waals surface area contributed by atoms with Gasteiger partial charge in [-0.1, -0.05) is 160 Å². The van der Waals surface area contributed by atoms with Gasteiger partial charge in [0.05, 0.1) is 36.7 Å². The predicted octanol–water partition coefficient (Wildman–Crippen LogP) is 15.2. The van der Waals surface area contributed by atoms with E-state index in [4.69, 9.17) is 25.4 Å². The van der Waals surface area contributed by atoms with Gasteiger partial charge in [-0.3, -0.25) is 14.7 Å².